The van der Waals surface area contributed by atoms with Gasteiger partial charge in [-0.2, -0.15) is 0 Å². The molecule has 3 heterocycles. The third-order valence-corrected chi connectivity index (χ3v) is 13.1. The number of nitrogens with zero attached hydrogens (tertiary/aromatic N) is 2. The minimum Gasteiger partial charge on any atom is -0.449 e. The molecule has 3 aliphatic heterocycles. The zero-order chi connectivity index (χ0) is 35.0. The molecule has 48 heavy (non-hydrogen) atoms. The zero-order valence-corrected chi connectivity index (χ0v) is 29.7. The Hall–Kier alpha value is -3.37. The molecule has 3 N–H and O–H groups in total. The number of hydrogen-bond donors (Lipinski definition) is 3. The molecule has 1 aromatic rings. The number of cyclic esters (lactones) is 1. The Balaban J connectivity index is 1.44. The molecular formula is C35H51N4O8P. The summed E-state index contributed by atoms with van der Waals surface area (Å²) in [4.78, 5) is 68.8. The molecular weight excluding hydrogens is 635 g/mol. The van der Waals surface area contributed by atoms with E-state index in [0.717, 1.165) is 36.8 Å². The smallest absolute Gasteiger partial charge is 0.410 e. The molecule has 4 amide bonds. The molecule has 0 radical (unpaired) electrons. The second-order valence-corrected chi connectivity index (χ2v) is 17.9. The Labute approximate surface area is 283 Å². The molecule has 4 aliphatic rings. The Morgan fingerprint density at radius 3 is 2.60 bits per heavy atom. The zero-order valence-electron chi connectivity index (χ0n) is 28.8. The van der Waals surface area contributed by atoms with Crippen LogP contribution in [0.1, 0.15) is 83.4 Å². The van der Waals surface area contributed by atoms with E-state index in [0.29, 0.717) is 13.1 Å². The Morgan fingerprint density at radius 1 is 1.21 bits per heavy atom. The molecule has 1 saturated heterocycles. The van der Waals surface area contributed by atoms with E-state index in [-0.39, 0.29) is 38.1 Å². The van der Waals surface area contributed by atoms with Gasteiger partial charge in [-0.3, -0.25) is 19.1 Å². The molecule has 0 aromatic heterocycles. The molecule has 13 heteroatoms. The maximum atomic E-state index is 14.3. The molecule has 1 aromatic carbocycles. The quantitative estimate of drug-likeness (QED) is 0.291. The Bertz CT molecular complexity index is 1490. The van der Waals surface area contributed by atoms with Crippen LogP contribution in [0.15, 0.2) is 30.9 Å². The summed E-state index contributed by atoms with van der Waals surface area (Å²) >= 11 is 0. The Kier molecular flexibility index (Phi) is 10.4. The van der Waals surface area contributed by atoms with E-state index in [1.807, 2.05) is 19.1 Å². The van der Waals surface area contributed by atoms with Gasteiger partial charge in [-0.15, -0.1) is 6.58 Å². The number of alkyl carbamates (subject to hydrolysis) is 1. The standard InChI is InChI=1S/C35H51N4O8P/c1-7-25-17-35(25,48(44,45)8-2)37-30(40)28-16-26-19-39(28)31(41)29(34(4,5)6)36-32(42)46-21-22(3)12-9-10-13-23-14-11-15-24-18-38(20-27(23)24)33(43)47-26/h7,11,14-15,22,25-26,28-29H,1,8-10,12-13,16-21H2,2-6H3,(H,36,42)(H,37,40)(H,44,45)/t22-,25-,26+,28-,29+,35-/m0/s1. The van der Waals surface area contributed by atoms with Gasteiger partial charge in [0.05, 0.1) is 13.2 Å². The van der Waals surface area contributed by atoms with Crippen molar-refractivity contribution >= 4 is 31.4 Å². The van der Waals surface area contributed by atoms with E-state index < -0.39 is 66.2 Å². The van der Waals surface area contributed by atoms with Gasteiger partial charge in [-0.1, -0.05) is 65.3 Å². The highest BCUT2D eigenvalue weighted by Gasteiger charge is 2.65. The summed E-state index contributed by atoms with van der Waals surface area (Å²) in [6.07, 6.45) is 3.32. The second-order valence-electron chi connectivity index (χ2n) is 15.0. The van der Waals surface area contributed by atoms with Gasteiger partial charge in [0.2, 0.25) is 19.2 Å². The van der Waals surface area contributed by atoms with Crippen LogP contribution < -0.4 is 10.6 Å². The van der Waals surface area contributed by atoms with Gasteiger partial charge >= 0.3 is 12.2 Å². The van der Waals surface area contributed by atoms with Gasteiger partial charge in [0.25, 0.3) is 0 Å². The molecule has 1 aliphatic carbocycles. The van der Waals surface area contributed by atoms with Gasteiger partial charge in [-0.25, -0.2) is 9.59 Å². The van der Waals surface area contributed by atoms with Crippen LogP contribution in [0, 0.1) is 17.3 Å². The molecule has 0 spiro atoms. The molecule has 2 fully saturated rings. The molecule has 1 unspecified atom stereocenters. The minimum absolute atomic E-state index is 0.00906. The van der Waals surface area contributed by atoms with Crippen LogP contribution in [0.2, 0.25) is 0 Å². The summed E-state index contributed by atoms with van der Waals surface area (Å²) < 4.78 is 24.8. The molecule has 5 rings (SSSR count). The third-order valence-electron chi connectivity index (χ3n) is 10.4. The number of rotatable bonds is 5. The van der Waals surface area contributed by atoms with Crippen molar-refractivity contribution in [1.82, 2.24) is 20.4 Å². The molecule has 264 valence electrons. The number of carbonyl (C=O) groups excluding carboxylic acids is 4. The summed E-state index contributed by atoms with van der Waals surface area (Å²) in [5.41, 5.74) is 2.62. The van der Waals surface area contributed by atoms with Crippen molar-refractivity contribution in [2.75, 3.05) is 19.3 Å². The van der Waals surface area contributed by atoms with Crippen LogP contribution in [-0.2, 0) is 43.1 Å². The highest BCUT2D eigenvalue weighted by Crippen LogP contribution is 2.69. The van der Waals surface area contributed by atoms with Gasteiger partial charge in [-0.05, 0) is 53.7 Å². The van der Waals surface area contributed by atoms with Crippen molar-refractivity contribution in [3.8, 4) is 0 Å². The van der Waals surface area contributed by atoms with Crippen LogP contribution in [0.25, 0.3) is 0 Å². The molecule has 4 bridgehead atoms. The lowest BCUT2D eigenvalue weighted by Crippen LogP contribution is -2.58. The first-order chi connectivity index (χ1) is 22.6. The first-order valence-corrected chi connectivity index (χ1v) is 19.0. The van der Waals surface area contributed by atoms with Gasteiger partial charge in [0.15, 0.2) is 0 Å². The lowest BCUT2D eigenvalue weighted by Gasteiger charge is -2.35. The number of amides is 4. The number of aryl methyl sites for hydroxylation is 1. The van der Waals surface area contributed by atoms with Gasteiger partial charge in [0.1, 0.15) is 23.5 Å². The minimum atomic E-state index is -3.81. The number of benzene rings is 1. The monoisotopic (exact) mass is 686 g/mol. The van der Waals surface area contributed by atoms with Crippen molar-refractivity contribution in [2.45, 2.75) is 110 Å². The van der Waals surface area contributed by atoms with E-state index in [2.05, 4.69) is 23.3 Å². The van der Waals surface area contributed by atoms with Gasteiger partial charge < -0.3 is 29.9 Å². The number of fused-ring (bicyclic) bond motifs is 3. The van der Waals surface area contributed by atoms with Crippen LogP contribution in [0.4, 0.5) is 9.59 Å². The van der Waals surface area contributed by atoms with E-state index in [9.17, 15) is 28.6 Å². The molecule has 12 nitrogen and oxygen atoms in total. The van der Waals surface area contributed by atoms with Crippen molar-refractivity contribution in [2.24, 2.45) is 17.3 Å². The number of hydrogen-bond acceptors (Lipinski definition) is 7. The fourth-order valence-corrected chi connectivity index (χ4v) is 9.25. The largest absolute Gasteiger partial charge is 0.449 e. The number of nitrogens with one attached hydrogen (secondary N) is 2. The number of carbonyl (C=O) groups is 4. The van der Waals surface area contributed by atoms with E-state index >= 15 is 0 Å². The average molecular weight is 687 g/mol. The van der Waals surface area contributed by atoms with Gasteiger partial charge in [0, 0.05) is 31.6 Å². The van der Waals surface area contributed by atoms with Crippen LogP contribution in [0.3, 0.4) is 0 Å². The van der Waals surface area contributed by atoms with Crippen LogP contribution >= 0.6 is 7.37 Å². The second kappa shape index (κ2) is 13.9. The topological polar surface area (TPSA) is 155 Å². The first-order valence-electron chi connectivity index (χ1n) is 17.2. The van der Waals surface area contributed by atoms with Crippen molar-refractivity contribution in [3.63, 3.8) is 0 Å². The van der Waals surface area contributed by atoms with Crippen molar-refractivity contribution < 1.29 is 38.1 Å². The fourth-order valence-electron chi connectivity index (χ4n) is 7.30. The maximum absolute atomic E-state index is 14.3. The molecule has 7 atom stereocenters. The lowest BCUT2D eigenvalue weighted by atomic mass is 9.85. The first kappa shape index (κ1) is 35.9. The highest BCUT2D eigenvalue weighted by molar-refractivity contribution is 7.60. The normalized spacial score (nSPS) is 31.2. The number of ether oxygens (including phenoxy) is 2. The van der Waals surface area contributed by atoms with Crippen molar-refractivity contribution in [1.29, 1.82) is 0 Å². The van der Waals surface area contributed by atoms with Crippen LogP contribution in [-0.4, -0.2) is 81.5 Å². The summed E-state index contributed by atoms with van der Waals surface area (Å²) in [6.45, 7) is 13.7. The summed E-state index contributed by atoms with van der Waals surface area (Å²) in [6, 6.07) is 3.94. The van der Waals surface area contributed by atoms with Crippen LogP contribution in [0.5, 0.6) is 0 Å². The molecule has 1 saturated carbocycles. The SMILES string of the molecule is C=C[C@H]1C[C@]1(NC(=O)[C@@H]1C[C@@H]2CN1C(=O)[C@H](C(C)(C)C)NC(=O)OC[C@@H](C)CCCCc1cccc3c1CN(C3)C(=O)O2)P(=O)(O)CC. The summed E-state index contributed by atoms with van der Waals surface area (Å²) in [5, 5.41) is 4.20. The highest BCUT2D eigenvalue weighted by atomic mass is 31.2. The van der Waals surface area contributed by atoms with E-state index in [1.165, 1.54) is 10.5 Å². The average Bonchev–Trinajstić information content (AvgIpc) is 3.35. The predicted molar refractivity (Wildman–Crippen MR) is 180 cm³/mol. The maximum Gasteiger partial charge on any atom is 0.410 e. The third kappa shape index (κ3) is 7.30. The van der Waals surface area contributed by atoms with Crippen molar-refractivity contribution in [3.05, 3.63) is 47.5 Å². The summed E-state index contributed by atoms with van der Waals surface area (Å²) in [5.74, 6) is -1.43. The fraction of sp³-hybridized carbons (Fsp3) is 0.657. The Morgan fingerprint density at radius 2 is 1.94 bits per heavy atom. The van der Waals surface area contributed by atoms with E-state index in [4.69, 9.17) is 9.47 Å². The summed E-state index contributed by atoms with van der Waals surface area (Å²) in [7, 11) is -3.81. The lowest BCUT2D eigenvalue weighted by molar-refractivity contribution is -0.142. The van der Waals surface area contributed by atoms with E-state index in [1.54, 1.807) is 38.7 Å². The predicted octanol–water partition coefficient (Wildman–Crippen LogP) is 4.92.